The number of likely N-dealkylation sites (N-methyl/N-ethyl adjacent to an activating group) is 1. The molecule has 1 aliphatic rings. The molecular formula is C20H24N2OS. The molecule has 2 aromatic rings. The van der Waals surface area contributed by atoms with E-state index in [-0.39, 0.29) is 5.91 Å². The number of piperazine rings is 1. The van der Waals surface area contributed by atoms with Gasteiger partial charge in [-0.15, -0.1) is 11.8 Å². The Labute approximate surface area is 148 Å². The first kappa shape index (κ1) is 17.1. The van der Waals surface area contributed by atoms with E-state index >= 15 is 0 Å². The molecule has 0 aliphatic carbocycles. The van der Waals surface area contributed by atoms with E-state index < -0.39 is 0 Å². The number of hydrogen-bond donors (Lipinski definition) is 0. The largest absolute Gasteiger partial charge is 0.336 e. The van der Waals surface area contributed by atoms with E-state index in [1.54, 1.807) is 0 Å². The molecule has 2 aromatic carbocycles. The van der Waals surface area contributed by atoms with Crippen molar-refractivity contribution < 1.29 is 4.79 Å². The summed E-state index contributed by atoms with van der Waals surface area (Å²) >= 11 is 1.82. The lowest BCUT2D eigenvalue weighted by molar-refractivity contribution is 0.0664. The van der Waals surface area contributed by atoms with E-state index in [9.17, 15) is 4.79 Å². The minimum atomic E-state index is 0.154. The molecule has 0 N–H and O–H groups in total. The molecule has 1 aliphatic heterocycles. The van der Waals surface area contributed by atoms with Crippen LogP contribution in [0.2, 0.25) is 0 Å². The predicted molar refractivity (Wildman–Crippen MR) is 101 cm³/mol. The van der Waals surface area contributed by atoms with Gasteiger partial charge in [-0.1, -0.05) is 29.8 Å². The van der Waals surface area contributed by atoms with Crippen LogP contribution in [0.1, 0.15) is 21.5 Å². The van der Waals surface area contributed by atoms with E-state index in [1.165, 1.54) is 16.0 Å². The fraction of sp³-hybridized carbons (Fsp3) is 0.350. The van der Waals surface area contributed by atoms with Crippen LogP contribution in [0, 0.1) is 6.92 Å². The molecule has 0 atom stereocenters. The Kier molecular flexibility index (Phi) is 5.59. The average molecular weight is 340 g/mol. The zero-order valence-corrected chi connectivity index (χ0v) is 15.2. The van der Waals surface area contributed by atoms with Gasteiger partial charge in [0.05, 0.1) is 0 Å². The summed E-state index contributed by atoms with van der Waals surface area (Å²) < 4.78 is 0. The van der Waals surface area contributed by atoms with Crippen molar-refractivity contribution in [1.29, 1.82) is 0 Å². The Bertz CT molecular complexity index is 674. The first-order valence-electron chi connectivity index (χ1n) is 8.38. The van der Waals surface area contributed by atoms with Gasteiger partial charge in [-0.2, -0.15) is 0 Å². The highest BCUT2D eigenvalue weighted by molar-refractivity contribution is 7.98. The molecular weight excluding hydrogens is 316 g/mol. The Morgan fingerprint density at radius 2 is 1.58 bits per heavy atom. The number of rotatable bonds is 4. The van der Waals surface area contributed by atoms with Gasteiger partial charge in [-0.05, 0) is 43.8 Å². The van der Waals surface area contributed by atoms with Gasteiger partial charge in [0.25, 0.3) is 5.91 Å². The van der Waals surface area contributed by atoms with Gasteiger partial charge in [0.2, 0.25) is 0 Å². The maximum Gasteiger partial charge on any atom is 0.253 e. The second-order valence-corrected chi connectivity index (χ2v) is 7.44. The topological polar surface area (TPSA) is 23.6 Å². The van der Waals surface area contributed by atoms with Crippen LogP contribution in [-0.4, -0.2) is 48.9 Å². The van der Waals surface area contributed by atoms with Crippen LogP contribution in [0.5, 0.6) is 0 Å². The van der Waals surface area contributed by atoms with Crippen LogP contribution in [0.3, 0.4) is 0 Å². The third kappa shape index (κ3) is 4.40. The van der Waals surface area contributed by atoms with Crippen LogP contribution < -0.4 is 0 Å². The van der Waals surface area contributed by atoms with Crippen molar-refractivity contribution in [3.05, 3.63) is 65.2 Å². The van der Waals surface area contributed by atoms with Crippen LogP contribution in [0.25, 0.3) is 0 Å². The average Bonchev–Trinajstić information content (AvgIpc) is 2.62. The van der Waals surface area contributed by atoms with Crippen LogP contribution in [-0.2, 0) is 5.75 Å². The number of hydrogen-bond acceptors (Lipinski definition) is 3. The number of aryl methyl sites for hydroxylation is 1. The summed E-state index contributed by atoms with van der Waals surface area (Å²) in [6.45, 7) is 5.65. The minimum absolute atomic E-state index is 0.154. The second-order valence-electron chi connectivity index (χ2n) is 6.39. The highest BCUT2D eigenvalue weighted by Gasteiger charge is 2.20. The van der Waals surface area contributed by atoms with Gasteiger partial charge in [0.1, 0.15) is 0 Å². The summed E-state index contributed by atoms with van der Waals surface area (Å²) in [6.07, 6.45) is 0. The summed E-state index contributed by atoms with van der Waals surface area (Å²) in [5.41, 5.74) is 3.32. The number of amides is 1. The van der Waals surface area contributed by atoms with Crippen molar-refractivity contribution >= 4 is 17.7 Å². The Morgan fingerprint density at radius 1 is 0.958 bits per heavy atom. The zero-order valence-electron chi connectivity index (χ0n) is 14.4. The normalized spacial score (nSPS) is 15.5. The van der Waals surface area contributed by atoms with E-state index in [0.717, 1.165) is 37.5 Å². The third-order valence-corrected chi connectivity index (χ3v) is 5.50. The first-order chi connectivity index (χ1) is 11.6. The fourth-order valence-corrected chi connectivity index (χ4v) is 3.59. The minimum Gasteiger partial charge on any atom is -0.336 e. The van der Waals surface area contributed by atoms with Crippen LogP contribution in [0.15, 0.2) is 53.4 Å². The fourth-order valence-electron chi connectivity index (χ4n) is 2.74. The van der Waals surface area contributed by atoms with Crippen molar-refractivity contribution in [2.45, 2.75) is 17.6 Å². The molecule has 24 heavy (non-hydrogen) atoms. The third-order valence-electron chi connectivity index (χ3n) is 4.42. The standard InChI is InChI=1S/C20H24N2OS/c1-16-3-9-19(10-4-16)24-15-17-5-7-18(8-6-17)20(23)22-13-11-21(2)12-14-22/h3-10H,11-15H2,1-2H3. The maximum atomic E-state index is 12.5. The Balaban J connectivity index is 1.56. The second kappa shape index (κ2) is 7.86. The summed E-state index contributed by atoms with van der Waals surface area (Å²) in [4.78, 5) is 18.0. The summed E-state index contributed by atoms with van der Waals surface area (Å²) in [6, 6.07) is 16.7. The lowest BCUT2D eigenvalue weighted by Gasteiger charge is -2.32. The van der Waals surface area contributed by atoms with Gasteiger partial charge in [-0.3, -0.25) is 4.79 Å². The first-order valence-corrected chi connectivity index (χ1v) is 9.36. The number of thioether (sulfide) groups is 1. The molecule has 4 heteroatoms. The summed E-state index contributed by atoms with van der Waals surface area (Å²) in [5, 5.41) is 0. The molecule has 3 nitrogen and oxygen atoms in total. The Morgan fingerprint density at radius 3 is 2.21 bits per heavy atom. The summed E-state index contributed by atoms with van der Waals surface area (Å²) in [7, 11) is 2.10. The molecule has 0 spiro atoms. The molecule has 0 saturated carbocycles. The smallest absolute Gasteiger partial charge is 0.253 e. The van der Waals surface area contributed by atoms with Gasteiger partial charge in [0, 0.05) is 42.4 Å². The Hall–Kier alpha value is -1.78. The number of nitrogens with zero attached hydrogens (tertiary/aromatic N) is 2. The van der Waals surface area contributed by atoms with E-state index in [2.05, 4.69) is 55.3 Å². The number of carbonyl (C=O) groups is 1. The monoisotopic (exact) mass is 340 g/mol. The lowest BCUT2D eigenvalue weighted by Crippen LogP contribution is -2.47. The molecule has 0 unspecified atom stereocenters. The molecule has 3 rings (SSSR count). The SMILES string of the molecule is Cc1ccc(SCc2ccc(C(=O)N3CCN(C)CC3)cc2)cc1. The predicted octanol–water partition coefficient (Wildman–Crippen LogP) is 3.67. The quantitative estimate of drug-likeness (QED) is 0.794. The molecule has 126 valence electrons. The zero-order chi connectivity index (χ0) is 16.9. The molecule has 1 fully saturated rings. The maximum absolute atomic E-state index is 12.5. The molecule has 1 amide bonds. The highest BCUT2D eigenvalue weighted by atomic mass is 32.2. The molecule has 0 bridgehead atoms. The molecule has 0 radical (unpaired) electrons. The molecule has 1 saturated heterocycles. The lowest BCUT2D eigenvalue weighted by atomic mass is 10.1. The van der Waals surface area contributed by atoms with Crippen LogP contribution in [0.4, 0.5) is 0 Å². The van der Waals surface area contributed by atoms with Crippen LogP contribution >= 0.6 is 11.8 Å². The molecule has 0 aromatic heterocycles. The van der Waals surface area contributed by atoms with Gasteiger partial charge >= 0.3 is 0 Å². The van der Waals surface area contributed by atoms with E-state index in [0.29, 0.717) is 0 Å². The van der Waals surface area contributed by atoms with Crippen molar-refractivity contribution in [3.8, 4) is 0 Å². The van der Waals surface area contributed by atoms with Crippen molar-refractivity contribution in [1.82, 2.24) is 9.80 Å². The number of carbonyl (C=O) groups excluding carboxylic acids is 1. The van der Waals surface area contributed by atoms with Crippen molar-refractivity contribution in [2.24, 2.45) is 0 Å². The van der Waals surface area contributed by atoms with Gasteiger partial charge in [0.15, 0.2) is 0 Å². The summed E-state index contributed by atoms with van der Waals surface area (Å²) in [5.74, 6) is 1.08. The van der Waals surface area contributed by atoms with Gasteiger partial charge in [-0.25, -0.2) is 0 Å². The molecule has 1 heterocycles. The van der Waals surface area contributed by atoms with Crippen molar-refractivity contribution in [3.63, 3.8) is 0 Å². The van der Waals surface area contributed by atoms with E-state index in [1.807, 2.05) is 28.8 Å². The highest BCUT2D eigenvalue weighted by Crippen LogP contribution is 2.23. The van der Waals surface area contributed by atoms with E-state index in [4.69, 9.17) is 0 Å². The van der Waals surface area contributed by atoms with Gasteiger partial charge < -0.3 is 9.80 Å². The van der Waals surface area contributed by atoms with Crippen molar-refractivity contribution in [2.75, 3.05) is 33.2 Å². The number of benzene rings is 2.